The Morgan fingerprint density at radius 2 is 2.46 bits per heavy atom. The summed E-state index contributed by atoms with van der Waals surface area (Å²) in [6.07, 6.45) is 5.65. The molecule has 0 bridgehead atoms. The Morgan fingerprint density at radius 1 is 1.69 bits per heavy atom. The standard InChI is InChI=1S/C10H14O3/c1-2-13-9-5-3-4-8(6-9)7-10(11)12/h4,6H,2-3,5,7H2,1H3,(H,11,12). The number of carbonyl (C=O) groups is 1. The second-order valence-electron chi connectivity index (χ2n) is 2.93. The molecule has 3 heteroatoms. The fourth-order valence-corrected chi connectivity index (χ4v) is 1.33. The first-order valence-corrected chi connectivity index (χ1v) is 4.46. The van der Waals surface area contributed by atoms with E-state index in [1.54, 1.807) is 0 Å². The normalized spacial score (nSPS) is 16.1. The lowest BCUT2D eigenvalue weighted by molar-refractivity contribution is -0.136. The minimum atomic E-state index is -0.791. The summed E-state index contributed by atoms with van der Waals surface area (Å²) in [5.74, 6) is 0.112. The van der Waals surface area contributed by atoms with Gasteiger partial charge < -0.3 is 9.84 Å². The lowest BCUT2D eigenvalue weighted by Crippen LogP contribution is -2.01. The number of hydrogen-bond acceptors (Lipinski definition) is 2. The van der Waals surface area contributed by atoms with E-state index in [1.165, 1.54) is 0 Å². The Morgan fingerprint density at radius 3 is 3.08 bits per heavy atom. The highest BCUT2D eigenvalue weighted by Crippen LogP contribution is 2.20. The van der Waals surface area contributed by atoms with Crippen molar-refractivity contribution >= 4 is 5.97 Å². The van der Waals surface area contributed by atoms with Crippen molar-refractivity contribution in [3.63, 3.8) is 0 Å². The molecule has 1 rings (SSSR count). The monoisotopic (exact) mass is 182 g/mol. The Bertz CT molecular complexity index is 251. The van der Waals surface area contributed by atoms with Crippen molar-refractivity contribution in [2.45, 2.75) is 26.2 Å². The summed E-state index contributed by atoms with van der Waals surface area (Å²) in [7, 11) is 0. The molecule has 3 nitrogen and oxygen atoms in total. The predicted octanol–water partition coefficient (Wildman–Crippen LogP) is 2.10. The van der Waals surface area contributed by atoms with Crippen LogP contribution in [0.15, 0.2) is 23.5 Å². The van der Waals surface area contributed by atoms with Crippen LogP contribution in [0.5, 0.6) is 0 Å². The third-order valence-electron chi connectivity index (χ3n) is 1.83. The average Bonchev–Trinajstić information content (AvgIpc) is 2.04. The van der Waals surface area contributed by atoms with Crippen LogP contribution in [0, 0.1) is 0 Å². The summed E-state index contributed by atoms with van der Waals surface area (Å²) in [6.45, 7) is 2.57. The van der Waals surface area contributed by atoms with Gasteiger partial charge in [-0.1, -0.05) is 6.08 Å². The molecule has 0 spiro atoms. The predicted molar refractivity (Wildman–Crippen MR) is 49.3 cm³/mol. The second kappa shape index (κ2) is 4.70. The molecule has 13 heavy (non-hydrogen) atoms. The lowest BCUT2D eigenvalue weighted by Gasteiger charge is -2.12. The fraction of sp³-hybridized carbons (Fsp3) is 0.500. The molecule has 0 aromatic heterocycles. The highest BCUT2D eigenvalue weighted by atomic mass is 16.5. The molecule has 0 atom stereocenters. The fourth-order valence-electron chi connectivity index (χ4n) is 1.33. The second-order valence-corrected chi connectivity index (χ2v) is 2.93. The number of allylic oxidation sites excluding steroid dienone is 3. The van der Waals surface area contributed by atoms with Gasteiger partial charge in [-0.25, -0.2) is 0 Å². The Kier molecular flexibility index (Phi) is 3.55. The molecule has 0 aromatic rings. The molecule has 0 heterocycles. The van der Waals surface area contributed by atoms with Crippen molar-refractivity contribution in [2.24, 2.45) is 0 Å². The van der Waals surface area contributed by atoms with Crippen LogP contribution in [0.25, 0.3) is 0 Å². The number of hydrogen-bond donors (Lipinski definition) is 1. The van der Waals surface area contributed by atoms with Gasteiger partial charge in [0.2, 0.25) is 0 Å². The van der Waals surface area contributed by atoms with Gasteiger partial charge in [-0.3, -0.25) is 4.79 Å². The summed E-state index contributed by atoms with van der Waals surface area (Å²) in [5, 5.41) is 8.57. The van der Waals surface area contributed by atoms with Gasteiger partial charge in [-0.05, 0) is 25.0 Å². The zero-order chi connectivity index (χ0) is 9.68. The average molecular weight is 182 g/mol. The first kappa shape index (κ1) is 9.84. The molecule has 72 valence electrons. The topological polar surface area (TPSA) is 46.5 Å². The molecule has 0 aromatic carbocycles. The van der Waals surface area contributed by atoms with E-state index in [4.69, 9.17) is 9.84 Å². The maximum absolute atomic E-state index is 10.4. The van der Waals surface area contributed by atoms with Crippen LogP contribution in [0.3, 0.4) is 0 Å². The number of rotatable bonds is 4. The summed E-state index contributed by atoms with van der Waals surface area (Å²) in [5.41, 5.74) is 0.849. The van der Waals surface area contributed by atoms with E-state index in [0.29, 0.717) is 6.61 Å². The number of carboxylic acid groups (broad SMARTS) is 1. The number of aliphatic carboxylic acids is 1. The van der Waals surface area contributed by atoms with E-state index in [9.17, 15) is 4.79 Å². The van der Waals surface area contributed by atoms with Crippen LogP contribution in [-0.4, -0.2) is 17.7 Å². The van der Waals surface area contributed by atoms with Crippen molar-refractivity contribution in [2.75, 3.05) is 6.61 Å². The van der Waals surface area contributed by atoms with E-state index in [0.717, 1.165) is 24.2 Å². The van der Waals surface area contributed by atoms with Crippen LogP contribution in [0.4, 0.5) is 0 Å². The van der Waals surface area contributed by atoms with Gasteiger partial charge in [-0.2, -0.15) is 0 Å². The Hall–Kier alpha value is -1.25. The summed E-state index contributed by atoms with van der Waals surface area (Å²) in [4.78, 5) is 10.4. The van der Waals surface area contributed by atoms with Crippen molar-refractivity contribution in [3.05, 3.63) is 23.5 Å². The van der Waals surface area contributed by atoms with Gasteiger partial charge in [0.25, 0.3) is 0 Å². The zero-order valence-corrected chi connectivity index (χ0v) is 7.75. The third-order valence-corrected chi connectivity index (χ3v) is 1.83. The van der Waals surface area contributed by atoms with Crippen molar-refractivity contribution in [1.82, 2.24) is 0 Å². The minimum absolute atomic E-state index is 0.0938. The van der Waals surface area contributed by atoms with Gasteiger partial charge in [0.1, 0.15) is 0 Å². The van der Waals surface area contributed by atoms with Gasteiger partial charge in [0, 0.05) is 6.42 Å². The van der Waals surface area contributed by atoms with Crippen LogP contribution in [-0.2, 0) is 9.53 Å². The minimum Gasteiger partial charge on any atom is -0.498 e. The van der Waals surface area contributed by atoms with Gasteiger partial charge in [0.15, 0.2) is 0 Å². The molecule has 1 N–H and O–H groups in total. The van der Waals surface area contributed by atoms with E-state index < -0.39 is 5.97 Å². The lowest BCUT2D eigenvalue weighted by atomic mass is 10.0. The first-order chi connectivity index (χ1) is 6.22. The quantitative estimate of drug-likeness (QED) is 0.724. The first-order valence-electron chi connectivity index (χ1n) is 4.46. The number of ether oxygens (including phenoxy) is 1. The molecular formula is C10H14O3. The SMILES string of the molecule is CCOC1=CC(CC(=O)O)=CCC1. The van der Waals surface area contributed by atoms with Crippen molar-refractivity contribution in [1.29, 1.82) is 0 Å². The molecule has 0 amide bonds. The molecule has 1 aliphatic carbocycles. The Balaban J connectivity index is 2.56. The zero-order valence-electron chi connectivity index (χ0n) is 7.75. The summed E-state index contributed by atoms with van der Waals surface area (Å²) >= 11 is 0. The van der Waals surface area contributed by atoms with Crippen LogP contribution in [0.1, 0.15) is 26.2 Å². The summed E-state index contributed by atoms with van der Waals surface area (Å²) in [6, 6.07) is 0. The highest BCUT2D eigenvalue weighted by Gasteiger charge is 2.08. The summed E-state index contributed by atoms with van der Waals surface area (Å²) < 4.78 is 5.32. The largest absolute Gasteiger partial charge is 0.498 e. The maximum atomic E-state index is 10.4. The van der Waals surface area contributed by atoms with Crippen molar-refractivity contribution in [3.8, 4) is 0 Å². The molecule has 0 saturated heterocycles. The molecule has 0 aliphatic heterocycles. The number of carboxylic acids is 1. The molecule has 0 saturated carbocycles. The van der Waals surface area contributed by atoms with E-state index >= 15 is 0 Å². The van der Waals surface area contributed by atoms with E-state index in [-0.39, 0.29) is 6.42 Å². The smallest absolute Gasteiger partial charge is 0.307 e. The molecule has 0 fully saturated rings. The van der Waals surface area contributed by atoms with Crippen LogP contribution >= 0.6 is 0 Å². The molecule has 0 radical (unpaired) electrons. The van der Waals surface area contributed by atoms with Gasteiger partial charge in [-0.15, -0.1) is 0 Å². The maximum Gasteiger partial charge on any atom is 0.307 e. The van der Waals surface area contributed by atoms with Crippen LogP contribution < -0.4 is 0 Å². The molecule has 1 aliphatic rings. The van der Waals surface area contributed by atoms with Crippen LogP contribution in [0.2, 0.25) is 0 Å². The third kappa shape index (κ3) is 3.32. The Labute approximate surface area is 77.7 Å². The van der Waals surface area contributed by atoms with Crippen molar-refractivity contribution < 1.29 is 14.6 Å². The van der Waals surface area contributed by atoms with E-state index in [1.807, 2.05) is 19.1 Å². The van der Waals surface area contributed by atoms with E-state index in [2.05, 4.69) is 0 Å². The molecule has 0 unspecified atom stereocenters. The highest BCUT2D eigenvalue weighted by molar-refractivity contribution is 5.71. The van der Waals surface area contributed by atoms with Gasteiger partial charge >= 0.3 is 5.97 Å². The molecular weight excluding hydrogens is 168 g/mol. The van der Waals surface area contributed by atoms with Gasteiger partial charge in [0.05, 0.1) is 18.8 Å².